The first kappa shape index (κ1) is 27.6. The van der Waals surface area contributed by atoms with Crippen molar-refractivity contribution in [2.24, 2.45) is 0 Å². The van der Waals surface area contributed by atoms with Crippen molar-refractivity contribution in [3.8, 4) is 22.3 Å². The number of piperazine rings is 1. The summed E-state index contributed by atoms with van der Waals surface area (Å²) >= 11 is 0. The molecule has 0 radical (unpaired) electrons. The van der Waals surface area contributed by atoms with Gasteiger partial charge in [0.15, 0.2) is 0 Å². The van der Waals surface area contributed by atoms with Crippen LogP contribution >= 0.6 is 0 Å². The highest BCUT2D eigenvalue weighted by Gasteiger charge is 2.28. The van der Waals surface area contributed by atoms with Crippen molar-refractivity contribution >= 4 is 17.4 Å². The van der Waals surface area contributed by atoms with Crippen LogP contribution in [0.15, 0.2) is 36.4 Å². The van der Waals surface area contributed by atoms with Gasteiger partial charge in [-0.25, -0.2) is 9.37 Å². The van der Waals surface area contributed by atoms with Gasteiger partial charge < -0.3 is 20.9 Å². The van der Waals surface area contributed by atoms with E-state index in [0.29, 0.717) is 36.2 Å². The van der Waals surface area contributed by atoms with Crippen molar-refractivity contribution in [3.63, 3.8) is 0 Å². The third kappa shape index (κ3) is 5.53. The van der Waals surface area contributed by atoms with E-state index in [2.05, 4.69) is 31.1 Å². The number of hydrogen-bond acceptors (Lipinski definition) is 6. The largest absolute Gasteiger partial charge is 0.383 e. The number of benzene rings is 2. The monoisotopic (exact) mass is 560 g/mol. The highest BCUT2D eigenvalue weighted by molar-refractivity contribution is 5.97. The number of anilines is 2. The van der Waals surface area contributed by atoms with E-state index in [4.69, 9.17) is 5.73 Å². The van der Waals surface area contributed by atoms with Crippen molar-refractivity contribution in [1.29, 1.82) is 0 Å². The number of carbonyl (C=O) groups is 1. The average molecular weight is 561 g/mol. The molecule has 1 amide bonds. The third-order valence-corrected chi connectivity index (χ3v) is 8.79. The molecule has 9 heteroatoms. The van der Waals surface area contributed by atoms with E-state index >= 15 is 8.78 Å². The fraction of sp³-hybridized carbons (Fsp3) is 0.438. The first-order valence-electron chi connectivity index (χ1n) is 14.6. The van der Waals surface area contributed by atoms with Gasteiger partial charge in [0.2, 0.25) is 5.95 Å². The van der Waals surface area contributed by atoms with Gasteiger partial charge in [-0.05, 0) is 80.4 Å². The van der Waals surface area contributed by atoms with Gasteiger partial charge in [-0.15, -0.1) is 0 Å². The number of nitrogen functional groups attached to an aromatic ring is 1. The van der Waals surface area contributed by atoms with Crippen LogP contribution in [0.1, 0.15) is 47.2 Å². The standard InChI is InChI=1S/C32H38F2N6O/c1-38(2)19-22-15-20(7-8-29(22)40-13-11-39(12-14-40)23-5-3-4-6-23)24-17-27(31(35)37-30(24)34)26-16-21-9-10-36-32(41)25(21)18-28(26)33/h7-8,15-18,23H,3-6,9-14,19H2,1-2H3,(H2,35,37)(H,36,41). The summed E-state index contributed by atoms with van der Waals surface area (Å²) in [6, 6.07) is 11.2. The molecule has 216 valence electrons. The Morgan fingerprint density at radius 1 is 0.976 bits per heavy atom. The van der Waals surface area contributed by atoms with Crippen molar-refractivity contribution in [1.82, 2.24) is 20.1 Å². The van der Waals surface area contributed by atoms with E-state index in [0.717, 1.165) is 49.0 Å². The number of nitrogens with zero attached hydrogens (tertiary/aromatic N) is 4. The number of nitrogens with one attached hydrogen (secondary N) is 1. The Morgan fingerprint density at radius 3 is 2.46 bits per heavy atom. The summed E-state index contributed by atoms with van der Waals surface area (Å²) in [5, 5.41) is 2.73. The molecule has 2 aliphatic heterocycles. The molecular weight excluding hydrogens is 522 g/mol. The van der Waals surface area contributed by atoms with E-state index in [-0.39, 0.29) is 22.9 Å². The van der Waals surface area contributed by atoms with Crippen LogP contribution in [-0.4, -0.2) is 73.6 Å². The van der Waals surface area contributed by atoms with Gasteiger partial charge in [0, 0.05) is 73.3 Å². The minimum atomic E-state index is -0.697. The molecule has 1 saturated carbocycles. The fourth-order valence-corrected chi connectivity index (χ4v) is 6.70. The Balaban J connectivity index is 1.33. The SMILES string of the molecule is CN(C)Cc1cc(-c2cc(-c3cc4c(cc3F)C(=O)NCC4)c(N)nc2F)ccc1N1CCN(C2CCCC2)CC1. The molecule has 1 aromatic heterocycles. The summed E-state index contributed by atoms with van der Waals surface area (Å²) in [5.41, 5.74) is 10.9. The lowest BCUT2D eigenvalue weighted by Crippen LogP contribution is -2.50. The van der Waals surface area contributed by atoms with Gasteiger partial charge in [-0.3, -0.25) is 9.69 Å². The highest BCUT2D eigenvalue weighted by atomic mass is 19.1. The quantitative estimate of drug-likeness (QED) is 0.426. The second-order valence-electron chi connectivity index (χ2n) is 11.8. The molecule has 3 aliphatic rings. The molecule has 0 bridgehead atoms. The van der Waals surface area contributed by atoms with Crippen LogP contribution in [-0.2, 0) is 13.0 Å². The molecular formula is C32H38F2N6O. The molecule has 0 atom stereocenters. The van der Waals surface area contributed by atoms with Crippen LogP contribution < -0.4 is 16.0 Å². The molecule has 7 nitrogen and oxygen atoms in total. The van der Waals surface area contributed by atoms with Crippen LogP contribution in [0.2, 0.25) is 0 Å². The predicted molar refractivity (Wildman–Crippen MR) is 159 cm³/mol. The van der Waals surface area contributed by atoms with E-state index in [1.165, 1.54) is 31.7 Å². The first-order valence-corrected chi connectivity index (χ1v) is 14.6. The molecule has 0 unspecified atom stereocenters. The topological polar surface area (TPSA) is 77.7 Å². The average Bonchev–Trinajstić information content (AvgIpc) is 3.49. The minimum Gasteiger partial charge on any atom is -0.383 e. The second-order valence-corrected chi connectivity index (χ2v) is 11.8. The molecule has 3 N–H and O–H groups in total. The molecule has 0 spiro atoms. The molecule has 2 fully saturated rings. The number of nitrogens with two attached hydrogens (primary N) is 1. The van der Waals surface area contributed by atoms with Gasteiger partial charge in [0.1, 0.15) is 11.6 Å². The van der Waals surface area contributed by atoms with Crippen LogP contribution in [0.25, 0.3) is 22.3 Å². The normalized spacial score (nSPS) is 18.2. The van der Waals surface area contributed by atoms with Crippen molar-refractivity contribution in [2.45, 2.75) is 44.7 Å². The summed E-state index contributed by atoms with van der Waals surface area (Å²) in [7, 11) is 4.05. The molecule has 3 heterocycles. The third-order valence-electron chi connectivity index (χ3n) is 8.79. The van der Waals surface area contributed by atoms with E-state index in [1.54, 1.807) is 12.1 Å². The van der Waals surface area contributed by atoms with Gasteiger partial charge in [-0.1, -0.05) is 18.9 Å². The predicted octanol–water partition coefficient (Wildman–Crippen LogP) is 4.69. The van der Waals surface area contributed by atoms with Gasteiger partial charge in [0.05, 0.1) is 0 Å². The molecule has 6 rings (SSSR count). The van der Waals surface area contributed by atoms with Crippen LogP contribution in [0, 0.1) is 11.8 Å². The lowest BCUT2D eigenvalue weighted by atomic mass is 9.93. The zero-order valence-electron chi connectivity index (χ0n) is 23.9. The number of amides is 1. The molecule has 41 heavy (non-hydrogen) atoms. The minimum absolute atomic E-state index is 0.0874. The fourth-order valence-electron chi connectivity index (χ4n) is 6.70. The number of fused-ring (bicyclic) bond motifs is 1. The number of aromatic nitrogens is 1. The maximum absolute atomic E-state index is 15.3. The van der Waals surface area contributed by atoms with Crippen molar-refractivity contribution in [2.75, 3.05) is 57.5 Å². The van der Waals surface area contributed by atoms with E-state index < -0.39 is 11.8 Å². The number of carbonyl (C=O) groups excluding carboxylic acids is 1. The highest BCUT2D eigenvalue weighted by Crippen LogP contribution is 2.37. The first-order chi connectivity index (χ1) is 19.8. The van der Waals surface area contributed by atoms with Gasteiger partial charge in [-0.2, -0.15) is 4.39 Å². The van der Waals surface area contributed by atoms with Crippen LogP contribution in [0.3, 0.4) is 0 Å². The number of rotatable bonds is 6. The van der Waals surface area contributed by atoms with Crippen LogP contribution in [0.5, 0.6) is 0 Å². The molecule has 2 aromatic carbocycles. The molecule has 3 aromatic rings. The van der Waals surface area contributed by atoms with Gasteiger partial charge in [0.25, 0.3) is 5.91 Å². The Labute approximate surface area is 240 Å². The maximum atomic E-state index is 15.3. The summed E-state index contributed by atoms with van der Waals surface area (Å²) < 4.78 is 30.6. The maximum Gasteiger partial charge on any atom is 0.251 e. The van der Waals surface area contributed by atoms with Crippen molar-refractivity contribution < 1.29 is 13.6 Å². The summed E-state index contributed by atoms with van der Waals surface area (Å²) in [4.78, 5) is 23.4. The number of halogens is 2. The Kier molecular flexibility index (Phi) is 7.66. The molecule has 1 saturated heterocycles. The lowest BCUT2D eigenvalue weighted by Gasteiger charge is -2.40. The number of pyridine rings is 1. The summed E-state index contributed by atoms with van der Waals surface area (Å²) in [6.45, 7) is 5.23. The zero-order chi connectivity index (χ0) is 28.7. The summed E-state index contributed by atoms with van der Waals surface area (Å²) in [6.07, 6.45) is 5.89. The Morgan fingerprint density at radius 2 is 1.73 bits per heavy atom. The van der Waals surface area contributed by atoms with E-state index in [9.17, 15) is 4.79 Å². The zero-order valence-corrected chi connectivity index (χ0v) is 23.9. The lowest BCUT2D eigenvalue weighted by molar-refractivity contribution is 0.0945. The Hall–Kier alpha value is -3.56. The van der Waals surface area contributed by atoms with Crippen molar-refractivity contribution in [3.05, 3.63) is 64.9 Å². The Bertz CT molecular complexity index is 1460. The summed E-state index contributed by atoms with van der Waals surface area (Å²) in [5.74, 6) is -1.67. The smallest absolute Gasteiger partial charge is 0.251 e. The van der Waals surface area contributed by atoms with Crippen LogP contribution in [0.4, 0.5) is 20.3 Å². The van der Waals surface area contributed by atoms with Gasteiger partial charge >= 0.3 is 0 Å². The molecule has 1 aliphatic carbocycles. The second kappa shape index (κ2) is 11.4. The van der Waals surface area contributed by atoms with E-state index in [1.807, 2.05) is 26.2 Å². The number of hydrogen-bond donors (Lipinski definition) is 2.